The molecule has 4 aromatic rings. The van der Waals surface area contributed by atoms with Crippen LogP contribution in [0.5, 0.6) is 5.75 Å². The summed E-state index contributed by atoms with van der Waals surface area (Å²) in [4.78, 5) is 12.0. The van der Waals surface area contributed by atoms with Crippen LogP contribution in [0, 0.1) is 13.8 Å². The van der Waals surface area contributed by atoms with E-state index >= 15 is 0 Å². The second kappa shape index (κ2) is 6.95. The first-order valence-corrected chi connectivity index (χ1v) is 10.3. The van der Waals surface area contributed by atoms with E-state index in [4.69, 9.17) is 9.97 Å². The predicted molar refractivity (Wildman–Crippen MR) is 120 cm³/mol. The van der Waals surface area contributed by atoms with Crippen LogP contribution in [0.4, 0.5) is 5.69 Å². The molecule has 1 unspecified atom stereocenters. The van der Waals surface area contributed by atoms with Gasteiger partial charge >= 0.3 is 0 Å². The van der Waals surface area contributed by atoms with Crippen LogP contribution in [-0.4, -0.2) is 50.5 Å². The minimum absolute atomic E-state index is 0.186. The Balaban J connectivity index is 1.61. The first-order valence-electron chi connectivity index (χ1n) is 10.3. The summed E-state index contributed by atoms with van der Waals surface area (Å²) in [6, 6.07) is 8.76. The first-order chi connectivity index (χ1) is 14.4. The molecule has 30 heavy (non-hydrogen) atoms. The monoisotopic (exact) mass is 402 g/mol. The van der Waals surface area contributed by atoms with E-state index in [2.05, 4.69) is 40.4 Å². The molecule has 2 aromatic carbocycles. The van der Waals surface area contributed by atoms with Crippen molar-refractivity contribution in [2.75, 3.05) is 24.5 Å². The average molecular weight is 403 g/mol. The van der Waals surface area contributed by atoms with Gasteiger partial charge in [0.05, 0.1) is 16.6 Å². The molecule has 2 N–H and O–H groups in total. The van der Waals surface area contributed by atoms with Gasteiger partial charge in [-0.25, -0.2) is 9.97 Å². The maximum Gasteiger partial charge on any atom is 0.163 e. The van der Waals surface area contributed by atoms with Crippen LogP contribution in [0.15, 0.2) is 30.5 Å². The molecule has 7 heteroatoms. The standard InChI is InChI=1S/C23H26N6O/c1-13-11-29(8-7-24-13)17-5-6-20-18(10-17)15(3)25-23(26-20)19-9-16-12-28(4)27-21(16)14(2)22(19)30/h5-6,9-10,12-13,24,30H,7-8,11H2,1-4H3. The number of rotatable bonds is 2. The quantitative estimate of drug-likeness (QED) is 0.536. The summed E-state index contributed by atoms with van der Waals surface area (Å²) in [7, 11) is 1.88. The highest BCUT2D eigenvalue weighted by atomic mass is 16.3. The Kier molecular flexibility index (Phi) is 4.36. The normalized spacial score (nSPS) is 17.2. The number of benzene rings is 2. The molecule has 1 aliphatic heterocycles. The smallest absolute Gasteiger partial charge is 0.163 e. The van der Waals surface area contributed by atoms with E-state index in [9.17, 15) is 5.11 Å². The second-order valence-electron chi connectivity index (χ2n) is 8.27. The highest BCUT2D eigenvalue weighted by Crippen LogP contribution is 2.36. The van der Waals surface area contributed by atoms with Crippen molar-refractivity contribution in [2.45, 2.75) is 26.8 Å². The van der Waals surface area contributed by atoms with E-state index in [0.717, 1.165) is 52.7 Å². The molecule has 0 amide bonds. The lowest BCUT2D eigenvalue weighted by Crippen LogP contribution is -2.49. The summed E-state index contributed by atoms with van der Waals surface area (Å²) in [5.74, 6) is 0.723. The number of nitrogens with one attached hydrogen (secondary N) is 1. The summed E-state index contributed by atoms with van der Waals surface area (Å²) in [5, 5.41) is 20.8. The maximum absolute atomic E-state index is 10.8. The van der Waals surface area contributed by atoms with E-state index in [-0.39, 0.29) is 5.75 Å². The van der Waals surface area contributed by atoms with Crippen molar-refractivity contribution in [2.24, 2.45) is 7.05 Å². The lowest BCUT2D eigenvalue weighted by atomic mass is 10.0. The van der Waals surface area contributed by atoms with Gasteiger partial charge in [0.25, 0.3) is 0 Å². The molecule has 0 spiro atoms. The number of fused-ring (bicyclic) bond motifs is 2. The Labute approximate surface area is 175 Å². The molecule has 1 saturated heterocycles. The van der Waals surface area contributed by atoms with Gasteiger partial charge in [-0.1, -0.05) is 0 Å². The third kappa shape index (κ3) is 3.06. The fourth-order valence-electron chi connectivity index (χ4n) is 4.37. The summed E-state index contributed by atoms with van der Waals surface area (Å²) in [5.41, 5.74) is 5.17. The number of phenolic OH excluding ortho intramolecular Hbond substituents is 1. The topological polar surface area (TPSA) is 79.1 Å². The largest absolute Gasteiger partial charge is 0.507 e. The van der Waals surface area contributed by atoms with Crippen molar-refractivity contribution < 1.29 is 5.11 Å². The minimum atomic E-state index is 0.186. The highest BCUT2D eigenvalue weighted by molar-refractivity contribution is 5.92. The van der Waals surface area contributed by atoms with Crippen molar-refractivity contribution in [3.8, 4) is 17.1 Å². The van der Waals surface area contributed by atoms with E-state index in [0.29, 0.717) is 17.4 Å². The van der Waals surface area contributed by atoms with Gasteiger partial charge in [0.15, 0.2) is 5.82 Å². The van der Waals surface area contributed by atoms with Crippen molar-refractivity contribution in [3.05, 3.63) is 41.7 Å². The Hall–Kier alpha value is -3.19. The third-order valence-corrected chi connectivity index (χ3v) is 5.97. The molecule has 0 bridgehead atoms. The number of phenols is 1. The van der Waals surface area contributed by atoms with Crippen molar-refractivity contribution in [1.82, 2.24) is 25.1 Å². The van der Waals surface area contributed by atoms with Crippen LogP contribution in [0.3, 0.4) is 0 Å². The SMILES string of the molecule is Cc1nc(-c2cc3cn(C)nc3c(C)c2O)nc2ccc(N3CCNC(C)C3)cc12. The zero-order valence-corrected chi connectivity index (χ0v) is 17.8. The molecular formula is C23H26N6O. The minimum Gasteiger partial charge on any atom is -0.507 e. The molecule has 0 aliphatic carbocycles. The molecular weight excluding hydrogens is 376 g/mol. The van der Waals surface area contributed by atoms with Crippen LogP contribution in [0.2, 0.25) is 0 Å². The number of aromatic hydroxyl groups is 1. The van der Waals surface area contributed by atoms with Crippen molar-refractivity contribution in [1.29, 1.82) is 0 Å². The van der Waals surface area contributed by atoms with E-state index in [1.54, 1.807) is 4.68 Å². The number of hydrogen-bond donors (Lipinski definition) is 2. The molecule has 0 radical (unpaired) electrons. The fraction of sp³-hybridized carbons (Fsp3) is 0.348. The van der Waals surface area contributed by atoms with Crippen molar-refractivity contribution >= 4 is 27.5 Å². The molecule has 3 heterocycles. The Morgan fingerprint density at radius 2 is 2.00 bits per heavy atom. The molecule has 1 fully saturated rings. The van der Waals surface area contributed by atoms with Gasteiger partial charge in [0.1, 0.15) is 5.75 Å². The lowest BCUT2D eigenvalue weighted by Gasteiger charge is -2.33. The van der Waals surface area contributed by atoms with E-state index in [1.165, 1.54) is 5.69 Å². The van der Waals surface area contributed by atoms with Crippen LogP contribution in [-0.2, 0) is 7.05 Å². The summed E-state index contributed by atoms with van der Waals surface area (Å²) in [6.07, 6.45) is 1.94. The molecule has 1 aliphatic rings. The fourth-order valence-corrected chi connectivity index (χ4v) is 4.37. The van der Waals surface area contributed by atoms with Gasteiger partial charge in [0, 0.05) is 66.6 Å². The van der Waals surface area contributed by atoms with Crippen molar-refractivity contribution in [3.63, 3.8) is 0 Å². The van der Waals surface area contributed by atoms with Gasteiger partial charge in [-0.15, -0.1) is 0 Å². The van der Waals surface area contributed by atoms with E-state index in [1.807, 2.05) is 33.2 Å². The second-order valence-corrected chi connectivity index (χ2v) is 8.27. The van der Waals surface area contributed by atoms with Gasteiger partial charge < -0.3 is 15.3 Å². The van der Waals surface area contributed by atoms with E-state index < -0.39 is 0 Å². The van der Waals surface area contributed by atoms with Crippen LogP contribution >= 0.6 is 0 Å². The molecule has 1 atom stereocenters. The maximum atomic E-state index is 10.8. The number of nitrogens with zero attached hydrogens (tertiary/aromatic N) is 5. The lowest BCUT2D eigenvalue weighted by molar-refractivity contribution is 0.473. The van der Waals surface area contributed by atoms with Crippen LogP contribution < -0.4 is 10.2 Å². The first kappa shape index (κ1) is 18.8. The average Bonchev–Trinajstić information content (AvgIpc) is 3.11. The number of aromatic nitrogens is 4. The van der Waals surface area contributed by atoms with Gasteiger partial charge in [0.2, 0.25) is 0 Å². The number of piperazine rings is 1. The molecule has 0 saturated carbocycles. The van der Waals surface area contributed by atoms with Crippen LogP contribution in [0.1, 0.15) is 18.2 Å². The summed E-state index contributed by atoms with van der Waals surface area (Å²) in [6.45, 7) is 9.06. The highest BCUT2D eigenvalue weighted by Gasteiger charge is 2.19. The summed E-state index contributed by atoms with van der Waals surface area (Å²) >= 11 is 0. The van der Waals surface area contributed by atoms with Gasteiger partial charge in [-0.3, -0.25) is 4.68 Å². The predicted octanol–water partition coefficient (Wildman–Crippen LogP) is 3.30. The Morgan fingerprint density at radius 3 is 2.80 bits per heavy atom. The number of anilines is 1. The molecule has 5 rings (SSSR count). The summed E-state index contributed by atoms with van der Waals surface area (Å²) < 4.78 is 1.76. The third-order valence-electron chi connectivity index (χ3n) is 5.97. The zero-order chi connectivity index (χ0) is 21.0. The van der Waals surface area contributed by atoms with Gasteiger partial charge in [-0.2, -0.15) is 5.10 Å². The van der Waals surface area contributed by atoms with Gasteiger partial charge in [-0.05, 0) is 45.0 Å². The number of hydrogen-bond acceptors (Lipinski definition) is 6. The number of aryl methyl sites for hydroxylation is 3. The molecule has 2 aromatic heterocycles. The Morgan fingerprint density at radius 1 is 1.17 bits per heavy atom. The Bertz CT molecular complexity index is 1280. The molecule has 7 nitrogen and oxygen atoms in total. The zero-order valence-electron chi connectivity index (χ0n) is 17.8. The molecule has 154 valence electrons. The van der Waals surface area contributed by atoms with Crippen LogP contribution in [0.25, 0.3) is 33.2 Å².